The van der Waals surface area contributed by atoms with Crippen LogP contribution < -0.4 is 5.43 Å². The van der Waals surface area contributed by atoms with E-state index < -0.39 is 10.8 Å². The summed E-state index contributed by atoms with van der Waals surface area (Å²) in [6.07, 6.45) is 1.25. The van der Waals surface area contributed by atoms with Gasteiger partial charge in [-0.3, -0.25) is 14.9 Å². The maximum Gasteiger partial charge on any atom is 0.272 e. The predicted molar refractivity (Wildman–Crippen MR) is 77.8 cm³/mol. The first kappa shape index (κ1) is 15.7. The van der Waals surface area contributed by atoms with Gasteiger partial charge in [0.05, 0.1) is 21.7 Å². The minimum Gasteiger partial charge on any atom is -0.458 e. The molecule has 0 aliphatic carbocycles. The molecule has 0 bridgehead atoms. The zero-order chi connectivity index (χ0) is 16.1. The highest BCUT2D eigenvalue weighted by atomic mass is 35.5. The number of nitro groups is 1. The number of hydrogen-bond acceptors (Lipinski definition) is 6. The van der Waals surface area contributed by atoms with Gasteiger partial charge in [0.15, 0.2) is 0 Å². The minimum atomic E-state index is -0.620. The third-order valence-corrected chi connectivity index (χ3v) is 2.92. The Morgan fingerprint density at radius 3 is 2.82 bits per heavy atom. The summed E-state index contributed by atoms with van der Waals surface area (Å²) < 4.78 is 5.13. The summed E-state index contributed by atoms with van der Waals surface area (Å²) in [5.41, 5.74) is 2.06. The third-order valence-electron chi connectivity index (χ3n) is 2.60. The molecule has 1 heterocycles. The van der Waals surface area contributed by atoms with Crippen molar-refractivity contribution in [3.8, 4) is 0 Å². The number of furan rings is 1. The molecule has 0 saturated carbocycles. The van der Waals surface area contributed by atoms with Crippen LogP contribution >= 0.6 is 11.6 Å². The summed E-state index contributed by atoms with van der Waals surface area (Å²) in [6.45, 7) is -0.237. The summed E-state index contributed by atoms with van der Waals surface area (Å²) in [7, 11) is 0. The fourth-order valence-corrected chi connectivity index (χ4v) is 1.83. The van der Waals surface area contributed by atoms with Crippen molar-refractivity contribution in [2.24, 2.45) is 5.10 Å². The van der Waals surface area contributed by atoms with Gasteiger partial charge in [-0.15, -0.1) is 0 Å². The monoisotopic (exact) mass is 323 g/mol. The van der Waals surface area contributed by atoms with Crippen molar-refractivity contribution >= 4 is 29.4 Å². The van der Waals surface area contributed by atoms with Crippen LogP contribution in [0.3, 0.4) is 0 Å². The van der Waals surface area contributed by atoms with Gasteiger partial charge < -0.3 is 9.52 Å². The number of carbonyl (C=O) groups excluding carboxylic acids is 1. The van der Waals surface area contributed by atoms with Crippen LogP contribution in [0.25, 0.3) is 0 Å². The fraction of sp³-hybridized carbons (Fsp3) is 0.0769. The molecule has 114 valence electrons. The Hall–Kier alpha value is -2.71. The Morgan fingerprint density at radius 2 is 2.23 bits per heavy atom. The number of non-ortho nitro benzene ring substituents is 1. The summed E-state index contributed by atoms with van der Waals surface area (Å²) in [5.74, 6) is 0.0930. The van der Waals surface area contributed by atoms with E-state index in [0.717, 1.165) is 6.07 Å². The SMILES string of the molecule is O=C(NN=Cc1ccc(CO)o1)c1ccc([N+](=O)[O-])cc1Cl. The number of benzene rings is 1. The van der Waals surface area contributed by atoms with Crippen LogP contribution in [-0.4, -0.2) is 22.2 Å². The van der Waals surface area contributed by atoms with E-state index in [0.29, 0.717) is 11.5 Å². The second-order valence-electron chi connectivity index (χ2n) is 4.08. The summed E-state index contributed by atoms with van der Waals surface area (Å²) in [4.78, 5) is 21.8. The number of nitro benzene ring substituents is 1. The molecule has 1 aromatic heterocycles. The molecule has 9 heteroatoms. The van der Waals surface area contributed by atoms with Crippen molar-refractivity contribution in [3.05, 3.63) is 62.6 Å². The Kier molecular flexibility index (Phi) is 4.87. The fourth-order valence-electron chi connectivity index (χ4n) is 1.57. The third kappa shape index (κ3) is 3.68. The summed E-state index contributed by atoms with van der Waals surface area (Å²) in [5, 5.41) is 23.0. The molecule has 0 spiro atoms. The Labute approximate surface area is 129 Å². The highest BCUT2D eigenvalue weighted by molar-refractivity contribution is 6.34. The second kappa shape index (κ2) is 6.83. The zero-order valence-corrected chi connectivity index (χ0v) is 11.8. The van der Waals surface area contributed by atoms with Crippen LogP contribution in [0, 0.1) is 10.1 Å². The topological polar surface area (TPSA) is 118 Å². The van der Waals surface area contributed by atoms with Crippen molar-refractivity contribution < 1.29 is 19.2 Å². The maximum absolute atomic E-state index is 11.8. The maximum atomic E-state index is 11.8. The molecule has 0 saturated heterocycles. The summed E-state index contributed by atoms with van der Waals surface area (Å²) >= 11 is 5.82. The average molecular weight is 324 g/mol. The van der Waals surface area contributed by atoms with Gasteiger partial charge in [0, 0.05) is 12.1 Å². The summed E-state index contributed by atoms with van der Waals surface area (Å²) in [6, 6.07) is 6.63. The van der Waals surface area contributed by atoms with Gasteiger partial charge in [0.1, 0.15) is 18.1 Å². The molecule has 1 amide bonds. The molecule has 0 aliphatic heterocycles. The van der Waals surface area contributed by atoms with Gasteiger partial charge in [0.2, 0.25) is 0 Å². The van der Waals surface area contributed by atoms with E-state index >= 15 is 0 Å². The highest BCUT2D eigenvalue weighted by Crippen LogP contribution is 2.22. The molecule has 0 unspecified atom stereocenters. The molecule has 0 atom stereocenters. The molecule has 22 heavy (non-hydrogen) atoms. The lowest BCUT2D eigenvalue weighted by Gasteiger charge is -2.02. The van der Waals surface area contributed by atoms with E-state index in [1.807, 2.05) is 0 Å². The normalized spacial score (nSPS) is 10.8. The van der Waals surface area contributed by atoms with Crippen molar-refractivity contribution in [3.63, 3.8) is 0 Å². The van der Waals surface area contributed by atoms with E-state index in [1.54, 1.807) is 12.1 Å². The second-order valence-corrected chi connectivity index (χ2v) is 4.49. The van der Waals surface area contributed by atoms with Gasteiger partial charge in [-0.25, -0.2) is 5.43 Å². The molecule has 2 aromatic rings. The van der Waals surface area contributed by atoms with Crippen LogP contribution in [0.1, 0.15) is 21.9 Å². The Bertz CT molecular complexity index is 741. The number of carbonyl (C=O) groups is 1. The molecule has 8 nitrogen and oxygen atoms in total. The van der Waals surface area contributed by atoms with E-state index in [1.165, 1.54) is 18.3 Å². The number of rotatable bonds is 5. The lowest BCUT2D eigenvalue weighted by atomic mass is 10.2. The van der Waals surface area contributed by atoms with Gasteiger partial charge in [0.25, 0.3) is 11.6 Å². The number of aliphatic hydroxyl groups excluding tert-OH is 1. The van der Waals surface area contributed by atoms with Crippen molar-refractivity contribution in [2.45, 2.75) is 6.61 Å². The standard InChI is InChI=1S/C13H10ClN3O5/c14-12-5-8(17(20)21)1-4-11(12)13(19)16-15-6-9-2-3-10(7-18)22-9/h1-6,18H,7H2,(H,16,19). The highest BCUT2D eigenvalue weighted by Gasteiger charge is 2.14. The Morgan fingerprint density at radius 1 is 1.45 bits per heavy atom. The quantitative estimate of drug-likeness (QED) is 0.496. The number of halogens is 1. The minimum absolute atomic E-state index is 0.0533. The van der Waals surface area contributed by atoms with Gasteiger partial charge in [-0.05, 0) is 18.2 Å². The predicted octanol–water partition coefficient (Wildman–Crippen LogP) is 2.10. The molecular formula is C13H10ClN3O5. The smallest absolute Gasteiger partial charge is 0.272 e. The lowest BCUT2D eigenvalue weighted by Crippen LogP contribution is -2.18. The molecule has 1 aromatic carbocycles. The first-order valence-electron chi connectivity index (χ1n) is 5.98. The van der Waals surface area contributed by atoms with Gasteiger partial charge >= 0.3 is 0 Å². The lowest BCUT2D eigenvalue weighted by molar-refractivity contribution is -0.384. The largest absolute Gasteiger partial charge is 0.458 e. The average Bonchev–Trinajstić information content (AvgIpc) is 2.94. The number of amides is 1. The van der Waals surface area contributed by atoms with Crippen molar-refractivity contribution in [1.82, 2.24) is 5.43 Å². The van der Waals surface area contributed by atoms with Crippen LogP contribution in [0.15, 0.2) is 39.9 Å². The molecule has 0 fully saturated rings. The number of nitrogens with one attached hydrogen (secondary N) is 1. The molecular weight excluding hydrogens is 314 g/mol. The van der Waals surface area contributed by atoms with Gasteiger partial charge in [-0.2, -0.15) is 5.10 Å². The van der Waals surface area contributed by atoms with Crippen LogP contribution in [0.4, 0.5) is 5.69 Å². The molecule has 2 rings (SSSR count). The van der Waals surface area contributed by atoms with Crippen molar-refractivity contribution in [2.75, 3.05) is 0 Å². The van der Waals surface area contributed by atoms with Crippen LogP contribution in [-0.2, 0) is 6.61 Å². The zero-order valence-electron chi connectivity index (χ0n) is 11.0. The van der Waals surface area contributed by atoms with Crippen LogP contribution in [0.2, 0.25) is 5.02 Å². The van der Waals surface area contributed by atoms with E-state index in [9.17, 15) is 14.9 Å². The van der Waals surface area contributed by atoms with E-state index in [4.69, 9.17) is 21.1 Å². The van der Waals surface area contributed by atoms with Gasteiger partial charge in [-0.1, -0.05) is 11.6 Å². The Balaban J connectivity index is 2.04. The number of hydrazone groups is 1. The molecule has 2 N–H and O–H groups in total. The van der Waals surface area contributed by atoms with Crippen LogP contribution in [0.5, 0.6) is 0 Å². The first-order valence-corrected chi connectivity index (χ1v) is 6.36. The van der Waals surface area contributed by atoms with E-state index in [-0.39, 0.29) is 22.9 Å². The van der Waals surface area contributed by atoms with E-state index in [2.05, 4.69) is 10.5 Å². The first-order chi connectivity index (χ1) is 10.5. The number of aliphatic hydroxyl groups is 1. The van der Waals surface area contributed by atoms with Crippen molar-refractivity contribution in [1.29, 1.82) is 0 Å². The number of nitrogens with zero attached hydrogens (tertiary/aromatic N) is 2. The molecule has 0 radical (unpaired) electrons. The number of hydrogen-bond donors (Lipinski definition) is 2. The molecule has 0 aliphatic rings.